The smallest absolute Gasteiger partial charge is 0.410 e. The second-order valence-electron chi connectivity index (χ2n) is 14.2. The van der Waals surface area contributed by atoms with E-state index in [9.17, 15) is 32.4 Å². The first-order valence-electron chi connectivity index (χ1n) is 18.1. The number of hydrogen-bond acceptors (Lipinski definition) is 9. The summed E-state index contributed by atoms with van der Waals surface area (Å²) >= 11 is 0. The highest BCUT2D eigenvalue weighted by atomic mass is 32.2. The number of carbonyl (C=O) groups is 5. The molecule has 1 saturated heterocycles. The number of aromatic nitrogens is 2. The molecule has 2 aliphatic carbocycles. The molecule has 2 aliphatic heterocycles. The molecule has 280 valence electrons. The number of amides is 5. The standard InChI is InChI=1S/C37H43N7O8S/c45-32(29-17-18-38-41-29)39-30-14-5-3-1-2-4-12-26-21-37(26,35(48)42-53(50,51)27-15-16-27)40-33(46)31-22-43(19-20-44(31)34(30)47)36(49)52-23-25-11-8-10-24-9-6-7-13-28(24)25/h4,6-13,17-18,26-27,30-31H,1-3,5,14-16,19-23H2,(H,38,41)(H,39,45)(H,40,46)(H,42,48)/b12-4+/t26?,30-,31-,37-/m0/s1. The van der Waals surface area contributed by atoms with Crippen LogP contribution in [0.1, 0.15) is 67.4 Å². The van der Waals surface area contributed by atoms with Gasteiger partial charge in [-0.15, -0.1) is 0 Å². The molecule has 0 spiro atoms. The van der Waals surface area contributed by atoms with Crippen molar-refractivity contribution < 1.29 is 37.1 Å². The molecule has 53 heavy (non-hydrogen) atoms. The molecule has 3 aromatic rings. The minimum atomic E-state index is -3.92. The quantitative estimate of drug-likeness (QED) is 0.263. The highest BCUT2D eigenvalue weighted by molar-refractivity contribution is 7.91. The molecule has 0 bridgehead atoms. The van der Waals surface area contributed by atoms with E-state index < -0.39 is 68.5 Å². The molecular formula is C37H43N7O8S. The molecule has 4 aliphatic rings. The predicted octanol–water partition coefficient (Wildman–Crippen LogP) is 2.51. The summed E-state index contributed by atoms with van der Waals surface area (Å²) in [7, 11) is -3.92. The number of H-pyrrole nitrogens is 1. The number of aromatic amines is 1. The van der Waals surface area contributed by atoms with Gasteiger partial charge in [0.25, 0.3) is 11.8 Å². The van der Waals surface area contributed by atoms with Crippen LogP contribution < -0.4 is 15.4 Å². The van der Waals surface area contributed by atoms with E-state index in [0.29, 0.717) is 32.1 Å². The molecule has 3 fully saturated rings. The van der Waals surface area contributed by atoms with E-state index in [0.717, 1.165) is 29.2 Å². The van der Waals surface area contributed by atoms with Crippen LogP contribution in [0.2, 0.25) is 0 Å². The lowest BCUT2D eigenvalue weighted by Gasteiger charge is -2.41. The van der Waals surface area contributed by atoms with E-state index >= 15 is 0 Å². The average molecular weight is 746 g/mol. The largest absolute Gasteiger partial charge is 0.445 e. The maximum Gasteiger partial charge on any atom is 0.410 e. The van der Waals surface area contributed by atoms with Crippen molar-refractivity contribution in [1.29, 1.82) is 0 Å². The minimum absolute atomic E-state index is 0.0231. The van der Waals surface area contributed by atoms with Crippen molar-refractivity contribution in [2.24, 2.45) is 5.92 Å². The Morgan fingerprint density at radius 1 is 0.981 bits per heavy atom. The van der Waals surface area contributed by atoms with Gasteiger partial charge < -0.3 is 25.2 Å². The van der Waals surface area contributed by atoms with Crippen LogP contribution in [0.4, 0.5) is 4.79 Å². The number of nitrogens with one attached hydrogen (secondary N) is 4. The van der Waals surface area contributed by atoms with Gasteiger partial charge in [-0.05, 0) is 60.9 Å². The first-order chi connectivity index (χ1) is 25.6. The van der Waals surface area contributed by atoms with Gasteiger partial charge in [0.2, 0.25) is 21.8 Å². The van der Waals surface area contributed by atoms with Crippen molar-refractivity contribution in [2.45, 2.75) is 80.8 Å². The number of nitrogens with zero attached hydrogens (tertiary/aromatic N) is 3. The summed E-state index contributed by atoms with van der Waals surface area (Å²) in [6, 6.07) is 12.6. The van der Waals surface area contributed by atoms with Crippen LogP contribution in [0.15, 0.2) is 66.9 Å². The molecule has 4 N–H and O–H groups in total. The monoisotopic (exact) mass is 745 g/mol. The van der Waals surface area contributed by atoms with Crippen LogP contribution in [0.3, 0.4) is 0 Å². The van der Waals surface area contributed by atoms with E-state index in [1.165, 1.54) is 22.1 Å². The van der Waals surface area contributed by atoms with Gasteiger partial charge in [0, 0.05) is 25.2 Å². The summed E-state index contributed by atoms with van der Waals surface area (Å²) < 4.78 is 33.5. The lowest BCUT2D eigenvalue weighted by atomic mass is 10.0. The number of hydrogen-bond donors (Lipinski definition) is 4. The third-order valence-corrected chi connectivity index (χ3v) is 12.3. The lowest BCUT2D eigenvalue weighted by molar-refractivity contribution is -0.146. The second-order valence-corrected chi connectivity index (χ2v) is 16.2. The van der Waals surface area contributed by atoms with Crippen molar-refractivity contribution in [2.75, 3.05) is 19.6 Å². The summed E-state index contributed by atoms with van der Waals surface area (Å²) in [6.45, 7) is -0.298. The van der Waals surface area contributed by atoms with Crippen LogP contribution in [0.25, 0.3) is 10.8 Å². The minimum Gasteiger partial charge on any atom is -0.445 e. The zero-order valence-electron chi connectivity index (χ0n) is 29.2. The van der Waals surface area contributed by atoms with Gasteiger partial charge >= 0.3 is 6.09 Å². The third kappa shape index (κ3) is 7.92. The Labute approximate surface area is 306 Å². The van der Waals surface area contributed by atoms with Crippen molar-refractivity contribution in [3.05, 3.63) is 78.1 Å². The fourth-order valence-corrected chi connectivity index (χ4v) is 8.54. The van der Waals surface area contributed by atoms with Gasteiger partial charge in [-0.3, -0.25) is 29.0 Å². The van der Waals surface area contributed by atoms with E-state index in [1.54, 1.807) is 0 Å². The number of rotatable bonds is 7. The van der Waals surface area contributed by atoms with E-state index in [-0.39, 0.29) is 38.4 Å². The normalized spacial score (nSPS) is 25.8. The summed E-state index contributed by atoms with van der Waals surface area (Å²) in [5, 5.41) is 13.3. The SMILES string of the molecule is O=C(N[C@H]1CCCCC/C=C/C2C[C@]2(C(=O)NS(=O)(=O)C2CC2)NC(=O)[C@@H]2CN(C(=O)OCc3cccc4ccccc34)CCN2C1=O)c1ccn[nH]1. The van der Waals surface area contributed by atoms with Gasteiger partial charge in [0.05, 0.1) is 11.8 Å². The molecule has 1 aromatic heterocycles. The van der Waals surface area contributed by atoms with Gasteiger partial charge in [-0.25, -0.2) is 13.2 Å². The molecule has 16 heteroatoms. The highest BCUT2D eigenvalue weighted by Crippen LogP contribution is 2.46. The zero-order chi connectivity index (χ0) is 37.2. The molecule has 15 nitrogen and oxygen atoms in total. The van der Waals surface area contributed by atoms with Crippen LogP contribution >= 0.6 is 0 Å². The first-order valence-corrected chi connectivity index (χ1v) is 19.6. The topological polar surface area (TPSA) is 200 Å². The van der Waals surface area contributed by atoms with Gasteiger partial charge in [-0.2, -0.15) is 5.10 Å². The van der Waals surface area contributed by atoms with E-state index in [2.05, 4.69) is 25.6 Å². The van der Waals surface area contributed by atoms with E-state index in [4.69, 9.17) is 4.74 Å². The number of benzene rings is 2. The maximum atomic E-state index is 14.4. The van der Waals surface area contributed by atoms with Gasteiger partial charge in [0.1, 0.15) is 29.9 Å². The molecule has 7 rings (SSSR count). The summed E-state index contributed by atoms with van der Waals surface area (Å²) in [6.07, 6.45) is 8.68. The van der Waals surface area contributed by atoms with Crippen molar-refractivity contribution >= 4 is 50.5 Å². The number of piperazine rings is 1. The summed E-state index contributed by atoms with van der Waals surface area (Å²) in [4.78, 5) is 71.7. The summed E-state index contributed by atoms with van der Waals surface area (Å²) in [5.74, 6) is -3.08. The van der Waals surface area contributed by atoms with Crippen LogP contribution in [-0.4, -0.2) is 101 Å². The Balaban J connectivity index is 1.15. The molecule has 3 heterocycles. The Hall–Kier alpha value is -5.25. The average Bonchev–Trinajstić information content (AvgIpc) is 4.07. The van der Waals surface area contributed by atoms with E-state index in [1.807, 2.05) is 54.6 Å². The molecule has 4 atom stereocenters. The maximum absolute atomic E-state index is 14.4. The van der Waals surface area contributed by atoms with Crippen LogP contribution in [0.5, 0.6) is 0 Å². The predicted molar refractivity (Wildman–Crippen MR) is 192 cm³/mol. The number of allylic oxidation sites excluding steroid dienone is 1. The Morgan fingerprint density at radius 2 is 1.79 bits per heavy atom. The lowest BCUT2D eigenvalue weighted by Crippen LogP contribution is -2.66. The van der Waals surface area contributed by atoms with Gasteiger partial charge in [0.15, 0.2) is 0 Å². The molecule has 5 amide bonds. The van der Waals surface area contributed by atoms with Crippen LogP contribution in [0, 0.1) is 5.92 Å². The number of ether oxygens (including phenoxy) is 1. The summed E-state index contributed by atoms with van der Waals surface area (Å²) in [5.41, 5.74) is -0.592. The Bertz CT molecular complexity index is 2030. The Morgan fingerprint density at radius 3 is 2.58 bits per heavy atom. The number of fused-ring (bicyclic) bond motifs is 3. The van der Waals surface area contributed by atoms with Crippen molar-refractivity contribution in [1.82, 2.24) is 35.4 Å². The molecule has 1 unspecified atom stereocenters. The van der Waals surface area contributed by atoms with Crippen molar-refractivity contribution in [3.63, 3.8) is 0 Å². The second kappa shape index (κ2) is 15.0. The third-order valence-electron chi connectivity index (χ3n) is 10.5. The van der Waals surface area contributed by atoms with Crippen LogP contribution in [-0.2, 0) is 35.8 Å². The van der Waals surface area contributed by atoms with Crippen molar-refractivity contribution in [3.8, 4) is 0 Å². The zero-order valence-corrected chi connectivity index (χ0v) is 30.0. The number of sulfonamides is 1. The first kappa shape index (κ1) is 36.1. The highest BCUT2D eigenvalue weighted by Gasteiger charge is 2.62. The fourth-order valence-electron chi connectivity index (χ4n) is 7.18. The van der Waals surface area contributed by atoms with Gasteiger partial charge in [-0.1, -0.05) is 67.5 Å². The fraction of sp³-hybridized carbons (Fsp3) is 0.459. The number of carbonyl (C=O) groups excluding carboxylic acids is 5. The molecule has 2 aromatic carbocycles. The Kier molecular flexibility index (Phi) is 10.2. The molecular weight excluding hydrogens is 703 g/mol. The molecule has 2 saturated carbocycles. The molecule has 0 radical (unpaired) electrons.